The molecule has 0 aromatic carbocycles. The number of furan rings is 1. The van der Waals surface area contributed by atoms with Crippen LogP contribution in [-0.4, -0.2) is 36.0 Å². The first-order valence-electron chi connectivity index (χ1n) is 7.90. The van der Waals surface area contributed by atoms with Crippen LogP contribution in [-0.2, 0) is 11.3 Å². The highest BCUT2D eigenvalue weighted by Crippen LogP contribution is 2.17. The summed E-state index contributed by atoms with van der Waals surface area (Å²) in [5.41, 5.74) is 0. The normalized spacial score (nSPS) is 17.2. The molecule has 0 aliphatic heterocycles. The quantitative estimate of drug-likeness (QED) is 0.875. The molecule has 1 aliphatic rings. The van der Waals surface area contributed by atoms with Crippen LogP contribution in [0, 0.1) is 0 Å². The highest BCUT2D eigenvalue weighted by atomic mass is 16.3. The molecule has 1 saturated carbocycles. The summed E-state index contributed by atoms with van der Waals surface area (Å²) >= 11 is 0. The predicted molar refractivity (Wildman–Crippen MR) is 83.2 cm³/mol. The second kappa shape index (κ2) is 7.98. The fourth-order valence-corrected chi connectivity index (χ4v) is 2.67. The fourth-order valence-electron chi connectivity index (χ4n) is 2.67. The summed E-state index contributed by atoms with van der Waals surface area (Å²) in [5, 5.41) is 5.31. The second-order valence-electron chi connectivity index (χ2n) is 5.97. The van der Waals surface area contributed by atoms with Gasteiger partial charge in [-0.15, -0.1) is 0 Å². The van der Waals surface area contributed by atoms with Gasteiger partial charge in [0.25, 0.3) is 0 Å². The monoisotopic (exact) mass is 307 g/mol. The summed E-state index contributed by atoms with van der Waals surface area (Å²) in [7, 11) is 1.83. The number of rotatable bonds is 5. The van der Waals surface area contributed by atoms with Crippen molar-refractivity contribution in [3.8, 4) is 0 Å². The third-order valence-corrected chi connectivity index (χ3v) is 4.20. The first kappa shape index (κ1) is 16.5. The van der Waals surface area contributed by atoms with Crippen LogP contribution in [0.25, 0.3) is 0 Å². The van der Waals surface area contributed by atoms with Gasteiger partial charge in [-0.05, 0) is 38.9 Å². The summed E-state index contributed by atoms with van der Waals surface area (Å²) in [4.78, 5) is 25.8. The number of nitrogens with one attached hydrogen (secondary N) is 2. The minimum absolute atomic E-state index is 0.192. The van der Waals surface area contributed by atoms with Crippen LogP contribution < -0.4 is 10.6 Å². The average Bonchev–Trinajstić information content (AvgIpc) is 3.00. The van der Waals surface area contributed by atoms with Crippen LogP contribution in [0.1, 0.15) is 44.8 Å². The number of amides is 3. The molecule has 0 radical (unpaired) electrons. The lowest BCUT2D eigenvalue weighted by Gasteiger charge is -2.25. The van der Waals surface area contributed by atoms with Gasteiger partial charge < -0.3 is 9.73 Å². The molecule has 122 valence electrons. The summed E-state index contributed by atoms with van der Waals surface area (Å²) in [6.45, 7) is 2.29. The molecular formula is C16H25N3O3. The SMILES string of the molecule is C[C@@H](C(=O)NC(=O)NC1CCCCC1)N(C)Cc1ccco1. The molecule has 6 nitrogen and oxygen atoms in total. The zero-order valence-electron chi connectivity index (χ0n) is 13.3. The van der Waals surface area contributed by atoms with Crippen molar-refractivity contribution in [2.45, 2.75) is 57.7 Å². The van der Waals surface area contributed by atoms with Crippen LogP contribution in [0.15, 0.2) is 22.8 Å². The molecule has 0 bridgehead atoms. The molecule has 0 saturated heterocycles. The number of carbonyl (C=O) groups is 2. The van der Waals surface area contributed by atoms with E-state index < -0.39 is 12.1 Å². The van der Waals surface area contributed by atoms with E-state index in [1.54, 1.807) is 13.2 Å². The van der Waals surface area contributed by atoms with E-state index in [0.717, 1.165) is 31.4 Å². The number of imide groups is 1. The molecule has 0 unspecified atom stereocenters. The molecule has 1 aromatic heterocycles. The van der Waals surface area contributed by atoms with E-state index in [0.29, 0.717) is 6.54 Å². The van der Waals surface area contributed by atoms with Crippen molar-refractivity contribution in [2.24, 2.45) is 0 Å². The van der Waals surface area contributed by atoms with Gasteiger partial charge in [-0.1, -0.05) is 19.3 Å². The molecule has 0 spiro atoms. The summed E-state index contributed by atoms with van der Waals surface area (Å²) in [6, 6.07) is 3.05. The van der Waals surface area contributed by atoms with Crippen molar-refractivity contribution in [2.75, 3.05) is 7.05 Å². The molecule has 1 atom stereocenters. The first-order chi connectivity index (χ1) is 10.6. The fraction of sp³-hybridized carbons (Fsp3) is 0.625. The third-order valence-electron chi connectivity index (χ3n) is 4.20. The standard InChI is InChI=1S/C16H25N3O3/c1-12(19(2)11-14-9-6-10-22-14)15(20)18-16(21)17-13-7-4-3-5-8-13/h6,9-10,12-13H,3-5,7-8,11H2,1-2H3,(H2,17,18,20,21)/t12-/m0/s1. The topological polar surface area (TPSA) is 74.6 Å². The van der Waals surface area contributed by atoms with Crippen LogP contribution >= 0.6 is 0 Å². The molecule has 1 heterocycles. The van der Waals surface area contributed by atoms with Crippen molar-refractivity contribution in [1.29, 1.82) is 0 Å². The molecular weight excluding hydrogens is 282 g/mol. The lowest BCUT2D eigenvalue weighted by atomic mass is 9.96. The maximum Gasteiger partial charge on any atom is 0.321 e. The lowest BCUT2D eigenvalue weighted by molar-refractivity contribution is -0.124. The van der Waals surface area contributed by atoms with Crippen molar-refractivity contribution >= 4 is 11.9 Å². The Balaban J connectivity index is 1.76. The molecule has 2 N–H and O–H groups in total. The maximum atomic E-state index is 12.1. The number of urea groups is 1. The van der Waals surface area contributed by atoms with Gasteiger partial charge in [-0.25, -0.2) is 4.79 Å². The van der Waals surface area contributed by atoms with Gasteiger partial charge in [-0.3, -0.25) is 15.0 Å². The Morgan fingerprint density at radius 2 is 2.09 bits per heavy atom. The van der Waals surface area contributed by atoms with Gasteiger partial charge >= 0.3 is 6.03 Å². The van der Waals surface area contributed by atoms with Crippen molar-refractivity contribution in [3.05, 3.63) is 24.2 Å². The molecule has 3 amide bonds. The largest absolute Gasteiger partial charge is 0.468 e. The van der Waals surface area contributed by atoms with Gasteiger partial charge in [-0.2, -0.15) is 0 Å². The highest BCUT2D eigenvalue weighted by Gasteiger charge is 2.22. The number of likely N-dealkylation sites (N-methyl/N-ethyl adjacent to an activating group) is 1. The summed E-state index contributed by atoms with van der Waals surface area (Å²) < 4.78 is 5.26. The summed E-state index contributed by atoms with van der Waals surface area (Å²) in [5.74, 6) is 0.483. The molecule has 1 aromatic rings. The molecule has 2 rings (SSSR count). The molecule has 1 aliphatic carbocycles. The Morgan fingerprint density at radius 1 is 1.36 bits per heavy atom. The minimum atomic E-state index is -0.415. The van der Waals surface area contributed by atoms with Gasteiger partial charge in [0, 0.05) is 6.04 Å². The van der Waals surface area contributed by atoms with E-state index in [1.807, 2.05) is 24.1 Å². The van der Waals surface area contributed by atoms with Crippen LogP contribution in [0.3, 0.4) is 0 Å². The maximum absolute atomic E-state index is 12.1. The van der Waals surface area contributed by atoms with E-state index in [1.165, 1.54) is 6.42 Å². The Kier molecular flexibility index (Phi) is 6.00. The third kappa shape index (κ3) is 4.87. The Hall–Kier alpha value is -1.82. The van der Waals surface area contributed by atoms with E-state index in [9.17, 15) is 9.59 Å². The van der Waals surface area contributed by atoms with Gasteiger partial charge in [0.05, 0.1) is 18.8 Å². The average molecular weight is 307 g/mol. The van der Waals surface area contributed by atoms with Crippen LogP contribution in [0.5, 0.6) is 0 Å². The second-order valence-corrected chi connectivity index (χ2v) is 5.97. The Morgan fingerprint density at radius 3 is 2.73 bits per heavy atom. The van der Waals surface area contributed by atoms with Crippen LogP contribution in [0.4, 0.5) is 4.79 Å². The number of hydrogen-bond acceptors (Lipinski definition) is 4. The Labute approximate surface area is 131 Å². The first-order valence-corrected chi connectivity index (χ1v) is 7.90. The Bertz CT molecular complexity index is 481. The minimum Gasteiger partial charge on any atom is -0.468 e. The highest BCUT2D eigenvalue weighted by molar-refractivity contribution is 5.96. The van der Waals surface area contributed by atoms with E-state index in [4.69, 9.17) is 4.42 Å². The van der Waals surface area contributed by atoms with E-state index in [2.05, 4.69) is 10.6 Å². The predicted octanol–water partition coefficient (Wildman–Crippen LogP) is 2.26. The van der Waals surface area contributed by atoms with Crippen LogP contribution in [0.2, 0.25) is 0 Å². The smallest absolute Gasteiger partial charge is 0.321 e. The van der Waals surface area contributed by atoms with E-state index in [-0.39, 0.29) is 11.9 Å². The lowest BCUT2D eigenvalue weighted by Crippen LogP contribution is -2.50. The van der Waals surface area contributed by atoms with Gasteiger partial charge in [0.1, 0.15) is 5.76 Å². The molecule has 1 fully saturated rings. The molecule has 22 heavy (non-hydrogen) atoms. The number of nitrogens with zero attached hydrogens (tertiary/aromatic N) is 1. The zero-order valence-corrected chi connectivity index (χ0v) is 13.3. The van der Waals surface area contributed by atoms with Gasteiger partial charge in [0.15, 0.2) is 0 Å². The van der Waals surface area contributed by atoms with E-state index >= 15 is 0 Å². The molecule has 6 heteroatoms. The number of carbonyl (C=O) groups excluding carboxylic acids is 2. The number of hydrogen-bond donors (Lipinski definition) is 2. The van der Waals surface area contributed by atoms with Crippen molar-refractivity contribution < 1.29 is 14.0 Å². The zero-order chi connectivity index (χ0) is 15.9. The summed E-state index contributed by atoms with van der Waals surface area (Å²) in [6.07, 6.45) is 7.10. The van der Waals surface area contributed by atoms with Gasteiger partial charge in [0.2, 0.25) is 5.91 Å². The van der Waals surface area contributed by atoms with Crippen molar-refractivity contribution in [3.63, 3.8) is 0 Å². The van der Waals surface area contributed by atoms with Crippen molar-refractivity contribution in [1.82, 2.24) is 15.5 Å².